The van der Waals surface area contributed by atoms with Gasteiger partial charge in [0.1, 0.15) is 30.1 Å². The Balaban J connectivity index is 1.71. The third-order valence-corrected chi connectivity index (χ3v) is 15.6. The van der Waals surface area contributed by atoms with Gasteiger partial charge in [0.2, 0.25) is 5.79 Å². The van der Waals surface area contributed by atoms with E-state index in [1.54, 1.807) is 27.0 Å². The lowest BCUT2D eigenvalue weighted by molar-refractivity contribution is -0.277. The number of rotatable bonds is 15. The zero-order valence-corrected chi connectivity index (χ0v) is 46.1. The quantitative estimate of drug-likeness (QED) is 0.0716. The minimum absolute atomic E-state index is 0.00782. The molecular weight excluding hydrogens is 955 g/mol. The van der Waals surface area contributed by atoms with Crippen LogP contribution in [0.5, 0.6) is 0 Å². The second-order valence-corrected chi connectivity index (χ2v) is 21.3. The van der Waals surface area contributed by atoms with E-state index in [0.29, 0.717) is 76.6 Å². The number of carbonyl (C=O) groups excluding carboxylic acids is 5. The molecular formula is C57H91NO16. The maximum Gasteiger partial charge on any atom is 0.329 e. The van der Waals surface area contributed by atoms with Gasteiger partial charge < -0.3 is 58.1 Å². The molecule has 17 nitrogen and oxygen atoms in total. The number of ketones is 3. The van der Waals surface area contributed by atoms with Crippen molar-refractivity contribution in [3.05, 3.63) is 47.6 Å². The van der Waals surface area contributed by atoms with Crippen molar-refractivity contribution >= 4 is 29.2 Å². The van der Waals surface area contributed by atoms with Crippen LogP contribution in [0.4, 0.5) is 0 Å². The van der Waals surface area contributed by atoms with Gasteiger partial charge in [0.25, 0.3) is 11.7 Å². The van der Waals surface area contributed by atoms with E-state index in [9.17, 15) is 34.2 Å². The van der Waals surface area contributed by atoms with Crippen molar-refractivity contribution in [1.82, 2.24) is 4.90 Å². The molecule has 3 heterocycles. The van der Waals surface area contributed by atoms with Gasteiger partial charge in [-0.3, -0.25) is 19.2 Å². The molecule has 3 fully saturated rings. The summed E-state index contributed by atoms with van der Waals surface area (Å²) in [4.78, 5) is 73.4. The monoisotopic (exact) mass is 1050 g/mol. The number of allylic oxidation sites excluding steroid dienone is 6. The normalized spacial score (nSPS) is 37.0. The van der Waals surface area contributed by atoms with Gasteiger partial charge in [-0.25, -0.2) is 4.79 Å². The van der Waals surface area contributed by atoms with Crippen molar-refractivity contribution < 1.29 is 77.2 Å². The molecule has 0 unspecified atom stereocenters. The number of hydrogen-bond donors (Lipinski definition) is 3. The predicted molar refractivity (Wildman–Crippen MR) is 278 cm³/mol. The molecule has 4 aliphatic rings. The van der Waals surface area contributed by atoms with Crippen LogP contribution in [0.1, 0.15) is 126 Å². The van der Waals surface area contributed by atoms with Crippen LogP contribution in [0.2, 0.25) is 0 Å². The number of cyclic esters (lactones) is 1. The van der Waals surface area contributed by atoms with Crippen LogP contribution < -0.4 is 0 Å². The molecule has 1 aliphatic carbocycles. The third kappa shape index (κ3) is 18.1. The van der Waals surface area contributed by atoms with Crippen LogP contribution in [-0.2, 0) is 61.9 Å². The lowest BCUT2D eigenvalue weighted by Crippen LogP contribution is -2.61. The van der Waals surface area contributed by atoms with Crippen LogP contribution in [0.15, 0.2) is 47.6 Å². The summed E-state index contributed by atoms with van der Waals surface area (Å²) in [6.45, 7) is 14.3. The lowest BCUT2D eigenvalue weighted by Gasteiger charge is -2.45. The molecule has 3 aliphatic heterocycles. The molecule has 1 amide bonds. The third-order valence-electron chi connectivity index (χ3n) is 15.6. The number of esters is 1. The summed E-state index contributed by atoms with van der Waals surface area (Å²) in [5.41, 5.74) is 1.25. The Kier molecular flexibility index (Phi) is 27.0. The average molecular weight is 1050 g/mol. The van der Waals surface area contributed by atoms with Gasteiger partial charge in [-0.05, 0) is 107 Å². The van der Waals surface area contributed by atoms with Crippen molar-refractivity contribution in [2.45, 2.75) is 180 Å². The van der Waals surface area contributed by atoms with E-state index in [2.05, 4.69) is 0 Å². The van der Waals surface area contributed by atoms with E-state index >= 15 is 0 Å². The molecule has 1 saturated carbocycles. The zero-order chi connectivity index (χ0) is 54.5. The summed E-state index contributed by atoms with van der Waals surface area (Å²) < 4.78 is 47.6. The van der Waals surface area contributed by atoms with Crippen LogP contribution in [0.25, 0.3) is 0 Å². The number of Topliss-reactive ketones (excluding diaryl/α,β-unsaturated/α-hetero) is 3. The molecule has 2 bridgehead atoms. The number of methoxy groups -OCH3 is 3. The first-order valence-electron chi connectivity index (χ1n) is 27.2. The number of aliphatic hydroxyl groups is 3. The van der Waals surface area contributed by atoms with Gasteiger partial charge in [0, 0.05) is 58.5 Å². The summed E-state index contributed by atoms with van der Waals surface area (Å²) in [6, 6.07) is -1.12. The Labute approximate surface area is 440 Å². The second-order valence-electron chi connectivity index (χ2n) is 21.3. The molecule has 0 aromatic carbocycles. The summed E-state index contributed by atoms with van der Waals surface area (Å²) in [6.07, 6.45) is 11.3. The van der Waals surface area contributed by atoms with Crippen LogP contribution in [-0.4, -0.2) is 172 Å². The fourth-order valence-electron chi connectivity index (χ4n) is 11.0. The molecule has 0 aromatic heterocycles. The first kappa shape index (κ1) is 63.0. The molecule has 0 radical (unpaired) electrons. The lowest BCUT2D eigenvalue weighted by atomic mass is 9.78. The van der Waals surface area contributed by atoms with E-state index in [1.807, 2.05) is 65.0 Å². The molecule has 17 heteroatoms. The smallest absolute Gasteiger partial charge is 0.329 e. The summed E-state index contributed by atoms with van der Waals surface area (Å²) >= 11 is 0. The summed E-state index contributed by atoms with van der Waals surface area (Å²) in [5.74, 6) is -7.00. The number of aliphatic hydroxyl groups excluding tert-OH is 3. The zero-order valence-electron chi connectivity index (χ0n) is 46.1. The van der Waals surface area contributed by atoms with E-state index < -0.39 is 83.9 Å². The maximum absolute atomic E-state index is 14.8. The molecule has 3 N–H and O–H groups in total. The molecule has 15 atom stereocenters. The van der Waals surface area contributed by atoms with E-state index in [4.69, 9.17) is 43.0 Å². The fraction of sp³-hybridized carbons (Fsp3) is 0.772. The van der Waals surface area contributed by atoms with Crippen molar-refractivity contribution in [3.63, 3.8) is 0 Å². The first-order chi connectivity index (χ1) is 35.3. The van der Waals surface area contributed by atoms with Gasteiger partial charge in [0.05, 0.1) is 64.1 Å². The van der Waals surface area contributed by atoms with Crippen LogP contribution in [0.3, 0.4) is 0 Å². The van der Waals surface area contributed by atoms with Gasteiger partial charge in [-0.1, -0.05) is 71.1 Å². The van der Waals surface area contributed by atoms with Crippen molar-refractivity contribution in [3.8, 4) is 0 Å². The molecule has 420 valence electrons. The molecule has 2 saturated heterocycles. The number of piperidine rings is 1. The van der Waals surface area contributed by atoms with Crippen molar-refractivity contribution in [2.75, 3.05) is 67.5 Å². The number of fused-ring (bicyclic) bond motifs is 3. The number of hydrogen-bond acceptors (Lipinski definition) is 16. The number of ether oxygens (including phenoxy) is 8. The Bertz CT molecular complexity index is 1920. The van der Waals surface area contributed by atoms with Gasteiger partial charge in [-0.2, -0.15) is 0 Å². The average Bonchev–Trinajstić information content (AvgIpc) is 3.38. The largest absolute Gasteiger partial charge is 0.460 e. The van der Waals surface area contributed by atoms with Gasteiger partial charge >= 0.3 is 5.97 Å². The second kappa shape index (κ2) is 31.7. The highest BCUT2D eigenvalue weighted by Gasteiger charge is 2.55. The molecule has 0 aromatic rings. The maximum atomic E-state index is 14.8. The minimum Gasteiger partial charge on any atom is -0.460 e. The van der Waals surface area contributed by atoms with Gasteiger partial charge in [-0.15, -0.1) is 0 Å². The van der Waals surface area contributed by atoms with E-state index in [0.717, 1.165) is 12.0 Å². The van der Waals surface area contributed by atoms with Crippen LogP contribution in [0, 0.1) is 35.5 Å². The highest BCUT2D eigenvalue weighted by atomic mass is 16.7. The minimum atomic E-state index is -1.95. The van der Waals surface area contributed by atoms with Gasteiger partial charge in [0.15, 0.2) is 5.78 Å². The Morgan fingerprint density at radius 1 is 0.811 bits per heavy atom. The Hall–Kier alpha value is -3.49. The molecule has 74 heavy (non-hydrogen) atoms. The standard InChI is InChI=1S/C57H91NO16/c1-36-16-12-11-13-17-37(2)48(72-29-28-71-27-26-70-25-24-59)34-44-21-19-42(7)57(69-10,74-44)54(64)55(65)58-23-15-14-18-45(58)56(66)73-49(39(4)32-43-20-22-46(60)50(33-43)67-8)35-47(61)38(3)31-41(6)52(63)53(68-9)51(62)40(5)30-36/h11-13,16-17,31,36,38-40,42-46,48-50,52-53,59-60,63H,14-15,18-30,32-35H2,1-10H3/b13-11+,16-12+,37-17+,41-31+/t36-,38-,39-,40-,42-,43+,44+,45+,46-,48+,49+,50-,52+,53+,57-/m1/s1. The first-order valence-corrected chi connectivity index (χ1v) is 27.2. The number of nitrogens with zero attached hydrogens (tertiary/aromatic N) is 1. The summed E-state index contributed by atoms with van der Waals surface area (Å²) in [5, 5.41) is 31.1. The van der Waals surface area contributed by atoms with E-state index in [-0.39, 0.29) is 81.2 Å². The fourth-order valence-corrected chi connectivity index (χ4v) is 11.0. The summed E-state index contributed by atoms with van der Waals surface area (Å²) in [7, 11) is 4.31. The van der Waals surface area contributed by atoms with E-state index in [1.165, 1.54) is 19.1 Å². The topological polar surface area (TPSA) is 223 Å². The van der Waals surface area contributed by atoms with Crippen molar-refractivity contribution in [2.24, 2.45) is 35.5 Å². The van der Waals surface area contributed by atoms with Crippen LogP contribution >= 0.6 is 0 Å². The SMILES string of the molecule is CO[C@@H]1C[C@H](C[C@@H](C)[C@@H]2CC(=O)[C@H](C)/C=C(\C)[C@H](O)[C@@H](OC)C(=O)[C@H](C)C[C@H](C)/C=C/C=C/C=C(\C)[C@@H](OCCOCCOCCO)C[C@@H]3CC[C@@H](C)[C@@](OC)(O3)C(=O)C(=O)N3CCCC[C@H]3C(=O)O2)CC[C@H]1O. The molecule has 0 spiro atoms. The highest BCUT2D eigenvalue weighted by molar-refractivity contribution is 6.39. The predicted octanol–water partition coefficient (Wildman–Crippen LogP) is 6.23. The van der Waals surface area contributed by atoms with Crippen molar-refractivity contribution in [1.29, 1.82) is 0 Å². The number of amides is 1. The Morgan fingerprint density at radius 3 is 2.22 bits per heavy atom. The highest BCUT2D eigenvalue weighted by Crippen LogP contribution is 2.39. The molecule has 4 rings (SSSR count). The Morgan fingerprint density at radius 2 is 1.53 bits per heavy atom. The number of carbonyl (C=O) groups is 5.